The molecule has 0 bridgehead atoms. The lowest BCUT2D eigenvalue weighted by Gasteiger charge is -2.27. The summed E-state index contributed by atoms with van der Waals surface area (Å²) >= 11 is 1.72. The molecule has 0 aliphatic rings. The number of nitrogens with zero attached hydrogens (tertiary/aromatic N) is 5. The van der Waals surface area contributed by atoms with Gasteiger partial charge in [0.15, 0.2) is 5.96 Å². The Hall–Kier alpha value is -1.13. The summed E-state index contributed by atoms with van der Waals surface area (Å²) in [4.78, 5) is 8.72. The molecule has 0 spiro atoms. The molecule has 0 fully saturated rings. The molecule has 2 heterocycles. The highest BCUT2D eigenvalue weighted by Crippen LogP contribution is 2.16. The number of aliphatic imine (C=N–C) groups is 1. The second-order valence-electron chi connectivity index (χ2n) is 5.84. The van der Waals surface area contributed by atoms with Gasteiger partial charge in [-0.3, -0.25) is 9.67 Å². The van der Waals surface area contributed by atoms with Crippen molar-refractivity contribution in [2.24, 2.45) is 12.0 Å². The molecule has 24 heavy (non-hydrogen) atoms. The Morgan fingerprint density at radius 1 is 1.42 bits per heavy atom. The van der Waals surface area contributed by atoms with Gasteiger partial charge in [-0.1, -0.05) is 0 Å². The van der Waals surface area contributed by atoms with Crippen molar-refractivity contribution in [3.63, 3.8) is 0 Å². The molecular weight excluding hydrogens is 435 g/mol. The van der Waals surface area contributed by atoms with Gasteiger partial charge in [-0.15, -0.1) is 24.0 Å². The topological polar surface area (TPSA) is 48.7 Å². The van der Waals surface area contributed by atoms with E-state index in [1.807, 2.05) is 25.0 Å². The Labute approximate surface area is 165 Å². The monoisotopic (exact) mass is 462 g/mol. The minimum absolute atomic E-state index is 0. The van der Waals surface area contributed by atoms with Crippen molar-refractivity contribution in [1.29, 1.82) is 0 Å². The molecule has 1 N–H and O–H groups in total. The summed E-state index contributed by atoms with van der Waals surface area (Å²) in [5, 5.41) is 12.0. The number of aryl methyl sites for hydroxylation is 1. The standard InChI is InChI=1S/C16H26N6S.HI/c1-17-16(21(4)10-13-6-7-23-12-13)18-9-15(20(2)3)14-8-19-22(5)11-14;/h6-8,11-12,15H,9-10H2,1-5H3,(H,17,18);1H. The number of guanidine groups is 1. The van der Waals surface area contributed by atoms with Crippen LogP contribution >= 0.6 is 35.3 Å². The number of likely N-dealkylation sites (N-methyl/N-ethyl adjacent to an activating group) is 1. The lowest BCUT2D eigenvalue weighted by molar-refractivity contribution is 0.295. The van der Waals surface area contributed by atoms with Crippen molar-refractivity contribution in [2.75, 3.05) is 34.7 Å². The Balaban J connectivity index is 0.00000288. The van der Waals surface area contributed by atoms with Crippen molar-refractivity contribution >= 4 is 41.3 Å². The van der Waals surface area contributed by atoms with Gasteiger partial charge in [0.25, 0.3) is 0 Å². The van der Waals surface area contributed by atoms with Crippen molar-refractivity contribution in [3.8, 4) is 0 Å². The first-order valence-corrected chi connectivity index (χ1v) is 8.53. The van der Waals surface area contributed by atoms with E-state index in [1.165, 1.54) is 11.1 Å². The smallest absolute Gasteiger partial charge is 0.193 e. The minimum Gasteiger partial charge on any atom is -0.354 e. The van der Waals surface area contributed by atoms with Gasteiger partial charge in [-0.25, -0.2) is 0 Å². The zero-order valence-corrected chi connectivity index (χ0v) is 18.1. The Kier molecular flexibility index (Phi) is 8.71. The number of thiophene rings is 1. The first-order valence-electron chi connectivity index (χ1n) is 7.59. The Morgan fingerprint density at radius 3 is 2.67 bits per heavy atom. The molecule has 2 rings (SSSR count). The van der Waals surface area contributed by atoms with Gasteiger partial charge in [-0.05, 0) is 36.5 Å². The van der Waals surface area contributed by atoms with E-state index in [0.717, 1.165) is 19.0 Å². The van der Waals surface area contributed by atoms with Gasteiger partial charge in [0.1, 0.15) is 0 Å². The van der Waals surface area contributed by atoms with Crippen molar-refractivity contribution in [2.45, 2.75) is 12.6 Å². The summed E-state index contributed by atoms with van der Waals surface area (Å²) in [6.45, 7) is 1.63. The van der Waals surface area contributed by atoms with E-state index >= 15 is 0 Å². The summed E-state index contributed by atoms with van der Waals surface area (Å²) in [5.74, 6) is 0.895. The summed E-state index contributed by atoms with van der Waals surface area (Å²) in [6, 6.07) is 2.39. The summed E-state index contributed by atoms with van der Waals surface area (Å²) in [5.41, 5.74) is 2.50. The minimum atomic E-state index is 0. The molecule has 134 valence electrons. The van der Waals surface area contributed by atoms with Crippen molar-refractivity contribution in [1.82, 2.24) is 24.9 Å². The fraction of sp³-hybridized carbons (Fsp3) is 0.500. The molecule has 2 aromatic rings. The molecule has 0 aliphatic heterocycles. The number of rotatable bonds is 6. The normalized spacial score (nSPS) is 12.8. The van der Waals surface area contributed by atoms with Gasteiger partial charge >= 0.3 is 0 Å². The van der Waals surface area contributed by atoms with Crippen LogP contribution in [-0.2, 0) is 13.6 Å². The molecule has 0 aliphatic carbocycles. The van der Waals surface area contributed by atoms with Gasteiger partial charge in [0.05, 0.1) is 12.2 Å². The summed E-state index contributed by atoms with van der Waals surface area (Å²) < 4.78 is 1.84. The van der Waals surface area contributed by atoms with Gasteiger partial charge in [-0.2, -0.15) is 16.4 Å². The van der Waals surface area contributed by atoms with Crippen LogP contribution in [0.5, 0.6) is 0 Å². The molecule has 0 aromatic carbocycles. The number of hydrogen-bond donors (Lipinski definition) is 1. The lowest BCUT2D eigenvalue weighted by atomic mass is 10.1. The van der Waals surface area contributed by atoms with E-state index in [-0.39, 0.29) is 30.0 Å². The van der Waals surface area contributed by atoms with Crippen molar-refractivity contribution in [3.05, 3.63) is 40.3 Å². The lowest BCUT2D eigenvalue weighted by Crippen LogP contribution is -2.42. The predicted octanol–water partition coefficient (Wildman–Crippen LogP) is 2.41. The fourth-order valence-electron chi connectivity index (χ4n) is 2.51. The van der Waals surface area contributed by atoms with Crippen LogP contribution in [0.3, 0.4) is 0 Å². The third kappa shape index (κ3) is 5.75. The van der Waals surface area contributed by atoms with Gasteiger partial charge in [0.2, 0.25) is 0 Å². The Morgan fingerprint density at radius 2 is 2.17 bits per heavy atom. The number of aromatic nitrogens is 2. The highest BCUT2D eigenvalue weighted by Gasteiger charge is 2.17. The predicted molar refractivity (Wildman–Crippen MR) is 112 cm³/mol. The molecule has 2 aromatic heterocycles. The van der Waals surface area contributed by atoms with Crippen LogP contribution in [0.4, 0.5) is 0 Å². The third-order valence-electron chi connectivity index (χ3n) is 3.76. The van der Waals surface area contributed by atoms with E-state index in [4.69, 9.17) is 0 Å². The number of nitrogens with one attached hydrogen (secondary N) is 1. The molecule has 6 nitrogen and oxygen atoms in total. The van der Waals surface area contributed by atoms with E-state index < -0.39 is 0 Å². The highest BCUT2D eigenvalue weighted by atomic mass is 127. The van der Waals surface area contributed by atoms with E-state index in [9.17, 15) is 0 Å². The van der Waals surface area contributed by atoms with Crippen LogP contribution in [0.25, 0.3) is 0 Å². The number of halogens is 1. The maximum Gasteiger partial charge on any atom is 0.193 e. The maximum absolute atomic E-state index is 4.39. The van der Waals surface area contributed by atoms with Crippen LogP contribution in [-0.4, -0.2) is 60.3 Å². The SMILES string of the molecule is CN=C(NCC(c1cnn(C)c1)N(C)C)N(C)Cc1ccsc1.I. The zero-order valence-electron chi connectivity index (χ0n) is 14.9. The van der Waals surface area contributed by atoms with Gasteiger partial charge in [0, 0.05) is 46.0 Å². The Bertz CT molecular complexity index is 622. The quantitative estimate of drug-likeness (QED) is 0.407. The van der Waals surface area contributed by atoms with E-state index in [1.54, 1.807) is 11.3 Å². The molecule has 0 radical (unpaired) electrons. The molecular formula is C16H27IN6S. The maximum atomic E-state index is 4.39. The van der Waals surface area contributed by atoms with Gasteiger partial charge < -0.3 is 15.1 Å². The van der Waals surface area contributed by atoms with Crippen molar-refractivity contribution < 1.29 is 0 Å². The highest BCUT2D eigenvalue weighted by molar-refractivity contribution is 14.0. The molecule has 0 saturated heterocycles. The fourth-order valence-corrected chi connectivity index (χ4v) is 3.17. The first kappa shape index (κ1) is 20.9. The first-order chi connectivity index (χ1) is 11.0. The van der Waals surface area contributed by atoms with Crippen LogP contribution in [0, 0.1) is 0 Å². The third-order valence-corrected chi connectivity index (χ3v) is 4.49. The molecule has 1 unspecified atom stereocenters. The second kappa shape index (κ2) is 10.00. The molecule has 0 saturated carbocycles. The van der Waals surface area contributed by atoms with Crippen LogP contribution in [0.1, 0.15) is 17.2 Å². The average Bonchev–Trinajstić information content (AvgIpc) is 3.15. The van der Waals surface area contributed by atoms with Crippen LogP contribution in [0.15, 0.2) is 34.2 Å². The summed E-state index contributed by atoms with van der Waals surface area (Å²) in [6.07, 6.45) is 3.98. The molecule has 8 heteroatoms. The summed E-state index contributed by atoms with van der Waals surface area (Å²) in [7, 11) is 9.98. The van der Waals surface area contributed by atoms with Crippen LogP contribution < -0.4 is 5.32 Å². The van der Waals surface area contributed by atoms with E-state index in [2.05, 4.69) is 69.4 Å². The molecule has 0 amide bonds. The second-order valence-corrected chi connectivity index (χ2v) is 6.62. The zero-order chi connectivity index (χ0) is 16.8. The number of hydrogen-bond acceptors (Lipinski definition) is 4. The molecule has 1 atom stereocenters. The largest absolute Gasteiger partial charge is 0.354 e. The van der Waals surface area contributed by atoms with E-state index in [0.29, 0.717) is 0 Å². The van der Waals surface area contributed by atoms with Crippen LogP contribution in [0.2, 0.25) is 0 Å². The average molecular weight is 462 g/mol.